The number of pyridine rings is 1. The number of aromatic nitrogens is 6. The van der Waals surface area contributed by atoms with Crippen LogP contribution in [0.4, 0.5) is 8.78 Å². The average molecular weight is 391 g/mol. The van der Waals surface area contributed by atoms with E-state index in [-0.39, 0.29) is 12.4 Å². The van der Waals surface area contributed by atoms with Gasteiger partial charge in [-0.15, -0.1) is 0 Å². The molecule has 0 bridgehead atoms. The number of hydrogen-bond donors (Lipinski definition) is 1. The number of fused-ring (bicyclic) bond motifs is 1. The monoisotopic (exact) mass is 391 g/mol. The minimum absolute atomic E-state index is 0.281. The van der Waals surface area contributed by atoms with Crippen molar-refractivity contribution in [1.82, 2.24) is 25.2 Å². The Morgan fingerprint density at radius 1 is 1.03 bits per heavy atom. The number of benzene rings is 1. The van der Waals surface area contributed by atoms with E-state index in [1.54, 1.807) is 41.3 Å². The van der Waals surface area contributed by atoms with Crippen LogP contribution < -0.4 is 4.68 Å². The molecule has 0 saturated carbocycles. The number of nitrogens with zero attached hydrogens (tertiary/aromatic N) is 5. The molecule has 0 atom stereocenters. The lowest BCUT2D eigenvalue weighted by molar-refractivity contribution is -0.746. The van der Waals surface area contributed by atoms with E-state index >= 15 is 0 Å². The first-order valence-corrected chi connectivity index (χ1v) is 8.73. The molecule has 1 aromatic carbocycles. The minimum atomic E-state index is -0.474. The standard InChI is InChI=1S/C20H12F2N6O/c21-15-4-2-1-3-14(15)20-25-18-9-24-28(11-19(18)26-20)10-12-7-17(27-29-12)13-5-6-23-8-16(13)22/h1-9,11H,10H2/p+1. The highest BCUT2D eigenvalue weighted by Gasteiger charge is 2.17. The van der Waals surface area contributed by atoms with Crippen LogP contribution in [0.1, 0.15) is 5.76 Å². The summed E-state index contributed by atoms with van der Waals surface area (Å²) in [6.45, 7) is 0.281. The second kappa shape index (κ2) is 6.86. The summed E-state index contributed by atoms with van der Waals surface area (Å²) in [4.78, 5) is 11.2. The molecule has 4 aromatic heterocycles. The molecule has 0 radical (unpaired) electrons. The van der Waals surface area contributed by atoms with Gasteiger partial charge in [0.15, 0.2) is 5.82 Å². The van der Waals surface area contributed by atoms with Crippen molar-refractivity contribution in [2.75, 3.05) is 0 Å². The van der Waals surface area contributed by atoms with Gasteiger partial charge in [0.05, 0.1) is 11.8 Å². The summed E-state index contributed by atoms with van der Waals surface area (Å²) in [5.41, 5.74) is 2.38. The fourth-order valence-electron chi connectivity index (χ4n) is 3.03. The lowest BCUT2D eigenvalue weighted by Crippen LogP contribution is -2.37. The maximum absolute atomic E-state index is 14.0. The van der Waals surface area contributed by atoms with E-state index < -0.39 is 5.82 Å². The van der Waals surface area contributed by atoms with Gasteiger partial charge in [-0.3, -0.25) is 4.98 Å². The predicted molar refractivity (Wildman–Crippen MR) is 98.3 cm³/mol. The van der Waals surface area contributed by atoms with E-state index in [0.717, 1.165) is 6.20 Å². The average Bonchev–Trinajstić information content (AvgIpc) is 3.35. The molecule has 142 valence electrons. The lowest BCUT2D eigenvalue weighted by Gasteiger charge is -1.96. The molecule has 0 aliphatic heterocycles. The lowest BCUT2D eigenvalue weighted by atomic mass is 10.2. The van der Waals surface area contributed by atoms with Crippen LogP contribution in [0.25, 0.3) is 33.7 Å². The Hall–Kier alpha value is -4.01. The third-order valence-electron chi connectivity index (χ3n) is 4.42. The quantitative estimate of drug-likeness (QED) is 0.475. The van der Waals surface area contributed by atoms with Crippen molar-refractivity contribution in [3.8, 4) is 22.6 Å². The van der Waals surface area contributed by atoms with Crippen LogP contribution in [0, 0.1) is 11.6 Å². The summed E-state index contributed by atoms with van der Waals surface area (Å²) in [5.74, 6) is 0.0947. The molecule has 0 spiro atoms. The van der Waals surface area contributed by atoms with E-state index in [9.17, 15) is 8.78 Å². The Morgan fingerprint density at radius 3 is 2.79 bits per heavy atom. The van der Waals surface area contributed by atoms with E-state index in [0.29, 0.717) is 39.4 Å². The van der Waals surface area contributed by atoms with Crippen molar-refractivity contribution in [1.29, 1.82) is 0 Å². The molecule has 7 nitrogen and oxygen atoms in total. The van der Waals surface area contributed by atoms with Crippen LogP contribution in [0.5, 0.6) is 0 Å². The first kappa shape index (κ1) is 17.1. The summed E-state index contributed by atoms with van der Waals surface area (Å²) < 4.78 is 34.8. The summed E-state index contributed by atoms with van der Waals surface area (Å²) >= 11 is 0. The molecule has 5 aromatic rings. The molecule has 0 unspecified atom stereocenters. The van der Waals surface area contributed by atoms with Gasteiger partial charge in [0.1, 0.15) is 34.6 Å². The van der Waals surface area contributed by atoms with E-state index in [4.69, 9.17) is 4.52 Å². The van der Waals surface area contributed by atoms with Crippen molar-refractivity contribution in [2.45, 2.75) is 6.54 Å². The summed E-state index contributed by atoms with van der Waals surface area (Å²) in [5, 5.41) is 8.21. The van der Waals surface area contributed by atoms with Crippen LogP contribution in [-0.2, 0) is 6.54 Å². The van der Waals surface area contributed by atoms with Gasteiger partial charge in [0.2, 0.25) is 18.5 Å². The second-order valence-corrected chi connectivity index (χ2v) is 6.37. The molecule has 0 amide bonds. The van der Waals surface area contributed by atoms with Gasteiger partial charge >= 0.3 is 0 Å². The molecule has 5 rings (SSSR count). The Labute approximate surface area is 162 Å². The zero-order valence-electron chi connectivity index (χ0n) is 14.9. The number of nitrogens with one attached hydrogen (secondary N) is 1. The smallest absolute Gasteiger partial charge is 0.234 e. The largest absolute Gasteiger partial charge is 0.354 e. The highest BCUT2D eigenvalue weighted by atomic mass is 19.1. The number of hydrogen-bond acceptors (Lipinski definition) is 5. The Kier molecular flexibility index (Phi) is 4.05. The third-order valence-corrected chi connectivity index (χ3v) is 4.42. The maximum atomic E-state index is 14.0. The van der Waals surface area contributed by atoms with Crippen molar-refractivity contribution >= 4 is 11.0 Å². The van der Waals surface area contributed by atoms with Gasteiger partial charge in [0.25, 0.3) is 0 Å². The van der Waals surface area contributed by atoms with Crippen molar-refractivity contribution in [3.05, 3.63) is 78.6 Å². The fourth-order valence-corrected chi connectivity index (χ4v) is 3.03. The van der Waals surface area contributed by atoms with Gasteiger partial charge in [-0.25, -0.2) is 13.8 Å². The zero-order valence-corrected chi connectivity index (χ0v) is 14.9. The maximum Gasteiger partial charge on any atom is 0.234 e. The minimum Gasteiger partial charge on any atom is -0.354 e. The molecular weight excluding hydrogens is 378 g/mol. The Morgan fingerprint density at radius 2 is 1.93 bits per heavy atom. The number of imidazole rings is 1. The van der Waals surface area contributed by atoms with E-state index in [2.05, 4.69) is 25.2 Å². The number of H-pyrrole nitrogens is 1. The van der Waals surface area contributed by atoms with E-state index in [1.165, 1.54) is 18.3 Å². The number of rotatable bonds is 4. The van der Waals surface area contributed by atoms with Gasteiger partial charge in [-0.05, 0) is 23.3 Å². The normalized spacial score (nSPS) is 11.2. The van der Waals surface area contributed by atoms with Gasteiger partial charge < -0.3 is 9.51 Å². The summed E-state index contributed by atoms with van der Waals surface area (Å²) in [6.07, 6.45) is 5.93. The highest BCUT2D eigenvalue weighted by Crippen LogP contribution is 2.23. The molecule has 1 N–H and O–H groups in total. The third kappa shape index (κ3) is 3.22. The van der Waals surface area contributed by atoms with Crippen LogP contribution >= 0.6 is 0 Å². The highest BCUT2D eigenvalue weighted by molar-refractivity contribution is 5.77. The van der Waals surface area contributed by atoms with Crippen LogP contribution in [0.3, 0.4) is 0 Å². The molecule has 9 heteroatoms. The van der Waals surface area contributed by atoms with Gasteiger partial charge in [-0.2, -0.15) is 0 Å². The first-order valence-electron chi connectivity index (χ1n) is 8.73. The molecule has 0 aliphatic carbocycles. The van der Waals surface area contributed by atoms with Crippen molar-refractivity contribution < 1.29 is 18.0 Å². The topological polar surface area (TPSA) is 84.4 Å². The fraction of sp³-hybridized carbons (Fsp3) is 0.0500. The molecule has 0 saturated heterocycles. The van der Waals surface area contributed by atoms with Crippen LogP contribution in [0.15, 0.2) is 65.7 Å². The zero-order chi connectivity index (χ0) is 19.8. The summed E-state index contributed by atoms with van der Waals surface area (Å²) in [7, 11) is 0. The molecular formula is C20H13F2N6O+. The molecule has 4 heterocycles. The molecule has 0 fully saturated rings. The number of halogens is 2. The second-order valence-electron chi connectivity index (χ2n) is 6.37. The first-order chi connectivity index (χ1) is 14.2. The van der Waals surface area contributed by atoms with Crippen LogP contribution in [-0.4, -0.2) is 25.2 Å². The molecule has 29 heavy (non-hydrogen) atoms. The predicted octanol–water partition coefficient (Wildman–Crippen LogP) is 3.29. The Bertz CT molecular complexity index is 1330. The SMILES string of the molecule is Fc1cnccc1-c1cc(C[n+]2cc3[nH]c(-c4ccccc4F)nc3cn2)on1. The Balaban J connectivity index is 1.43. The van der Waals surface area contributed by atoms with Gasteiger partial charge in [-0.1, -0.05) is 22.0 Å². The van der Waals surface area contributed by atoms with Crippen molar-refractivity contribution in [3.63, 3.8) is 0 Å². The summed E-state index contributed by atoms with van der Waals surface area (Å²) in [6, 6.07) is 9.59. The van der Waals surface area contributed by atoms with Crippen LogP contribution in [0.2, 0.25) is 0 Å². The number of aromatic amines is 1. The van der Waals surface area contributed by atoms with Gasteiger partial charge in [0, 0.05) is 17.8 Å². The van der Waals surface area contributed by atoms with E-state index in [1.807, 2.05) is 0 Å². The molecule has 0 aliphatic rings. The van der Waals surface area contributed by atoms with Crippen molar-refractivity contribution in [2.24, 2.45) is 0 Å².